The number of anilines is 2. The molecule has 3 atom stereocenters. The molecule has 12 nitrogen and oxygen atoms in total. The van der Waals surface area contributed by atoms with Gasteiger partial charge < -0.3 is 39.0 Å². The molecule has 1 saturated heterocycles. The van der Waals surface area contributed by atoms with E-state index < -0.39 is 35.2 Å². The number of amides is 4. The van der Waals surface area contributed by atoms with Crippen LogP contribution in [0.3, 0.4) is 0 Å². The number of likely N-dealkylation sites (tertiary alicyclic amines) is 1. The second-order valence-corrected chi connectivity index (χ2v) is 15.2. The Kier molecular flexibility index (Phi) is 12.0. The van der Waals surface area contributed by atoms with Gasteiger partial charge in [-0.05, 0) is 91.0 Å². The number of ether oxygens (including phenoxy) is 4. The number of methoxy groups -OCH3 is 1. The van der Waals surface area contributed by atoms with E-state index in [-0.39, 0.29) is 49.9 Å². The van der Waals surface area contributed by atoms with Gasteiger partial charge in [0.05, 0.1) is 30.2 Å². The van der Waals surface area contributed by atoms with Crippen LogP contribution in [0.5, 0.6) is 5.75 Å². The number of nitrogens with one attached hydrogen (secondary N) is 1. The van der Waals surface area contributed by atoms with Crippen molar-refractivity contribution in [1.29, 1.82) is 0 Å². The summed E-state index contributed by atoms with van der Waals surface area (Å²) in [5.41, 5.74) is 0.350. The van der Waals surface area contributed by atoms with Crippen LogP contribution < -0.4 is 19.9 Å². The third kappa shape index (κ3) is 9.39. The van der Waals surface area contributed by atoms with Gasteiger partial charge in [0.1, 0.15) is 11.4 Å². The Hall–Kier alpha value is -4.16. The van der Waals surface area contributed by atoms with Gasteiger partial charge in [0, 0.05) is 51.7 Å². The van der Waals surface area contributed by atoms with Gasteiger partial charge in [0.2, 0.25) is 11.8 Å². The molecule has 12 heteroatoms. The van der Waals surface area contributed by atoms with Crippen LogP contribution in [0.1, 0.15) is 78.8 Å². The number of benzene rings is 2. The van der Waals surface area contributed by atoms with Crippen molar-refractivity contribution < 1.29 is 38.1 Å². The number of carbonyl (C=O) groups is 4. The number of nitrogens with zero attached hydrogens (tertiary/aromatic N) is 3. The summed E-state index contributed by atoms with van der Waals surface area (Å²) in [6, 6.07) is 14.7. The quantitative estimate of drug-likeness (QED) is 0.271. The lowest BCUT2D eigenvalue weighted by atomic mass is 9.87. The van der Waals surface area contributed by atoms with Crippen molar-refractivity contribution in [3.63, 3.8) is 0 Å². The summed E-state index contributed by atoms with van der Waals surface area (Å²) in [5.74, 6) is -1.37. The van der Waals surface area contributed by atoms with E-state index in [0.717, 1.165) is 18.4 Å². The van der Waals surface area contributed by atoms with Crippen LogP contribution in [0.2, 0.25) is 0 Å². The fourth-order valence-electron chi connectivity index (χ4n) is 6.72. The molecule has 1 aliphatic carbocycles. The molecule has 3 aliphatic rings. The van der Waals surface area contributed by atoms with E-state index >= 15 is 0 Å². The van der Waals surface area contributed by atoms with Gasteiger partial charge in [0.25, 0.3) is 5.91 Å². The topological polar surface area (TPSA) is 127 Å². The smallest absolute Gasteiger partial charge is 0.410 e. The molecule has 2 heterocycles. The molecule has 0 bridgehead atoms. The van der Waals surface area contributed by atoms with Crippen molar-refractivity contribution in [2.45, 2.75) is 90.5 Å². The maximum absolute atomic E-state index is 14.7. The van der Waals surface area contributed by atoms with Gasteiger partial charge in [-0.25, -0.2) is 4.79 Å². The summed E-state index contributed by atoms with van der Waals surface area (Å²) < 4.78 is 22.8. The Morgan fingerprint density at radius 2 is 1.76 bits per heavy atom. The third-order valence-corrected chi connectivity index (χ3v) is 9.35. The highest BCUT2D eigenvalue weighted by atomic mass is 16.6. The first-order valence-corrected chi connectivity index (χ1v) is 18.1. The predicted molar refractivity (Wildman–Crippen MR) is 194 cm³/mol. The van der Waals surface area contributed by atoms with Crippen LogP contribution in [0.4, 0.5) is 16.2 Å². The summed E-state index contributed by atoms with van der Waals surface area (Å²) in [6.45, 7) is 12.7. The largest absolute Gasteiger partial charge is 0.476 e. The first kappa shape index (κ1) is 38.1. The molecule has 4 amide bonds. The molecule has 0 radical (unpaired) electrons. The Morgan fingerprint density at radius 1 is 1.06 bits per heavy atom. The number of carbonyl (C=O) groups excluding carboxylic acids is 4. The van der Waals surface area contributed by atoms with Crippen molar-refractivity contribution in [2.75, 3.05) is 56.4 Å². The van der Waals surface area contributed by atoms with Crippen molar-refractivity contribution in [1.82, 2.24) is 10.2 Å². The van der Waals surface area contributed by atoms with Gasteiger partial charge in [-0.2, -0.15) is 0 Å². The van der Waals surface area contributed by atoms with E-state index in [1.54, 1.807) is 51.5 Å². The normalized spacial score (nSPS) is 20.6. The summed E-state index contributed by atoms with van der Waals surface area (Å²) in [4.78, 5) is 60.7. The van der Waals surface area contributed by atoms with Crippen molar-refractivity contribution in [2.24, 2.45) is 11.8 Å². The molecular formula is C39H54N4O8. The van der Waals surface area contributed by atoms with Crippen LogP contribution in [-0.4, -0.2) is 92.5 Å². The minimum absolute atomic E-state index is 0.0352. The van der Waals surface area contributed by atoms with Gasteiger partial charge in [-0.15, -0.1) is 0 Å². The van der Waals surface area contributed by atoms with Gasteiger partial charge >= 0.3 is 6.09 Å². The molecular weight excluding hydrogens is 652 g/mol. The molecule has 0 aromatic heterocycles. The van der Waals surface area contributed by atoms with Crippen LogP contribution in [0.25, 0.3) is 0 Å². The molecule has 0 unspecified atom stereocenters. The average molecular weight is 707 g/mol. The zero-order valence-electron chi connectivity index (χ0n) is 31.1. The first-order valence-electron chi connectivity index (χ1n) is 18.1. The maximum atomic E-state index is 14.7. The minimum atomic E-state index is -1.04. The van der Waals surface area contributed by atoms with Crippen LogP contribution in [-0.2, 0) is 28.6 Å². The molecule has 278 valence electrons. The first-order chi connectivity index (χ1) is 24.2. The minimum Gasteiger partial charge on any atom is -0.476 e. The standard InChI is InChI=1S/C39H54N4O8/c1-8-49-25-31(26-13-10-9-11-14-26)40-34(44)27-21-28(24-41(23-27)37(47)51-38(2,3)4)35(45)43(29-15-16-29)30-17-18-33-32(22-30)42(19-12-20-48-7)36(46)39(5,6)50-33/h9-11,13-14,17-18,22,27-29,31H,8,12,15-16,19-21,23-25H2,1-7H3,(H,40,44)/t27-,28+,31+/m0/s1. The Labute approximate surface area is 301 Å². The molecule has 1 saturated carbocycles. The second kappa shape index (κ2) is 16.0. The molecule has 2 aromatic carbocycles. The number of piperidine rings is 1. The molecule has 2 aliphatic heterocycles. The fraction of sp³-hybridized carbons (Fsp3) is 0.590. The molecule has 2 fully saturated rings. The van der Waals surface area contributed by atoms with Crippen LogP contribution in [0, 0.1) is 11.8 Å². The van der Waals surface area contributed by atoms with Crippen molar-refractivity contribution in [3.8, 4) is 5.75 Å². The highest BCUT2D eigenvalue weighted by molar-refractivity contribution is 6.04. The monoisotopic (exact) mass is 706 g/mol. The van der Waals surface area contributed by atoms with Crippen molar-refractivity contribution >= 4 is 35.2 Å². The van der Waals surface area contributed by atoms with E-state index in [0.29, 0.717) is 43.3 Å². The van der Waals surface area contributed by atoms with Crippen LogP contribution in [0.15, 0.2) is 48.5 Å². The lowest BCUT2D eigenvalue weighted by Gasteiger charge is -2.40. The zero-order valence-corrected chi connectivity index (χ0v) is 31.1. The van der Waals surface area contributed by atoms with E-state index in [9.17, 15) is 19.2 Å². The lowest BCUT2D eigenvalue weighted by Crippen LogP contribution is -2.54. The predicted octanol–water partition coefficient (Wildman–Crippen LogP) is 5.49. The van der Waals surface area contributed by atoms with E-state index in [4.69, 9.17) is 18.9 Å². The summed E-state index contributed by atoms with van der Waals surface area (Å²) in [6.07, 6.45) is 1.97. The number of fused-ring (bicyclic) bond motifs is 1. The number of rotatable bonds is 13. The number of hydrogen-bond donors (Lipinski definition) is 1. The highest BCUT2D eigenvalue weighted by Gasteiger charge is 2.45. The molecule has 0 spiro atoms. The molecule has 2 aromatic rings. The van der Waals surface area contributed by atoms with E-state index in [2.05, 4.69) is 5.32 Å². The lowest BCUT2D eigenvalue weighted by molar-refractivity contribution is -0.133. The van der Waals surface area contributed by atoms with Crippen LogP contribution >= 0.6 is 0 Å². The Morgan fingerprint density at radius 3 is 2.41 bits per heavy atom. The number of hydrogen-bond acceptors (Lipinski definition) is 8. The van der Waals surface area contributed by atoms with Gasteiger partial charge in [0.15, 0.2) is 5.60 Å². The van der Waals surface area contributed by atoms with Gasteiger partial charge in [-0.1, -0.05) is 30.3 Å². The SMILES string of the molecule is CCOC[C@@H](NC(=O)[C@H]1C[C@@H](C(=O)N(c2ccc3c(c2)N(CCCOC)C(=O)C(C)(C)O3)C2CC2)CN(C(=O)OC(C)(C)C)C1)c1ccccc1. The highest BCUT2D eigenvalue weighted by Crippen LogP contribution is 2.43. The summed E-state index contributed by atoms with van der Waals surface area (Å²) in [5, 5.41) is 3.14. The average Bonchev–Trinajstić information content (AvgIpc) is 3.93. The summed E-state index contributed by atoms with van der Waals surface area (Å²) >= 11 is 0. The Bertz CT molecular complexity index is 1550. The maximum Gasteiger partial charge on any atom is 0.410 e. The fourth-order valence-corrected chi connectivity index (χ4v) is 6.72. The van der Waals surface area contributed by atoms with E-state index in [1.807, 2.05) is 55.5 Å². The zero-order chi connectivity index (χ0) is 36.9. The third-order valence-electron chi connectivity index (χ3n) is 9.35. The molecule has 51 heavy (non-hydrogen) atoms. The van der Waals surface area contributed by atoms with Crippen molar-refractivity contribution in [3.05, 3.63) is 54.1 Å². The summed E-state index contributed by atoms with van der Waals surface area (Å²) in [7, 11) is 1.63. The molecule has 5 rings (SSSR count). The second-order valence-electron chi connectivity index (χ2n) is 15.2. The van der Waals surface area contributed by atoms with E-state index in [1.165, 1.54) is 4.90 Å². The Balaban J connectivity index is 1.43. The molecule has 1 N–H and O–H groups in total. The van der Waals surface area contributed by atoms with Gasteiger partial charge in [-0.3, -0.25) is 14.4 Å².